The lowest BCUT2D eigenvalue weighted by molar-refractivity contribution is -0.124. The van der Waals surface area contributed by atoms with E-state index in [1.807, 2.05) is 13.8 Å². The fourth-order valence-electron chi connectivity index (χ4n) is 3.07. The van der Waals surface area contributed by atoms with E-state index in [4.69, 9.17) is 4.74 Å². The van der Waals surface area contributed by atoms with E-state index in [1.54, 1.807) is 24.3 Å². The summed E-state index contributed by atoms with van der Waals surface area (Å²) in [5.74, 6) is -1.06. The maximum Gasteiger partial charge on any atom is 0.359 e. The number of benzene rings is 1. The van der Waals surface area contributed by atoms with Crippen molar-refractivity contribution in [3.05, 3.63) is 40.3 Å². The summed E-state index contributed by atoms with van der Waals surface area (Å²) in [6.45, 7) is 6.08. The highest BCUT2D eigenvalue weighted by atomic mass is 16.5. The summed E-state index contributed by atoms with van der Waals surface area (Å²) >= 11 is 0. The van der Waals surface area contributed by atoms with Crippen molar-refractivity contribution in [2.75, 3.05) is 6.61 Å². The van der Waals surface area contributed by atoms with Crippen LogP contribution in [-0.2, 0) is 16.1 Å². The lowest BCUT2D eigenvalue weighted by Gasteiger charge is -2.13. The average Bonchev–Trinajstić information content (AvgIpc) is 2.68. The quantitative estimate of drug-likeness (QED) is 0.500. The number of amides is 1. The van der Waals surface area contributed by atoms with Gasteiger partial charge in [-0.3, -0.25) is 9.59 Å². The number of nitrogens with zero attached hydrogens (tertiary/aromatic N) is 2. The van der Waals surface area contributed by atoms with E-state index >= 15 is 0 Å². The summed E-state index contributed by atoms with van der Waals surface area (Å²) in [7, 11) is 0. The van der Waals surface area contributed by atoms with Crippen LogP contribution in [0.5, 0.6) is 0 Å². The molecule has 0 fully saturated rings. The Bertz CT molecular complexity index is 876. The van der Waals surface area contributed by atoms with Gasteiger partial charge in [0.05, 0.1) is 5.39 Å². The Morgan fingerprint density at radius 1 is 1.14 bits per heavy atom. The first-order chi connectivity index (χ1) is 13.5. The molecule has 7 heteroatoms. The molecule has 28 heavy (non-hydrogen) atoms. The number of unbranched alkanes of at least 4 members (excludes halogenated alkanes) is 2. The van der Waals surface area contributed by atoms with Crippen molar-refractivity contribution in [3.63, 3.8) is 0 Å². The van der Waals surface area contributed by atoms with Crippen LogP contribution >= 0.6 is 0 Å². The van der Waals surface area contributed by atoms with Gasteiger partial charge in [-0.2, -0.15) is 5.10 Å². The van der Waals surface area contributed by atoms with Crippen LogP contribution in [0.4, 0.5) is 0 Å². The third-order valence-corrected chi connectivity index (χ3v) is 4.50. The maximum absolute atomic E-state index is 12.6. The number of carbonyl (C=O) groups is 2. The number of esters is 1. The molecule has 7 nitrogen and oxygen atoms in total. The fraction of sp³-hybridized carbons (Fsp3) is 0.524. The van der Waals surface area contributed by atoms with Gasteiger partial charge in [-0.1, -0.05) is 51.3 Å². The molecule has 0 saturated heterocycles. The minimum atomic E-state index is -0.710. The number of ether oxygens (including phenoxy) is 1. The summed E-state index contributed by atoms with van der Waals surface area (Å²) in [5, 5.41) is 7.88. The largest absolute Gasteiger partial charge is 0.451 e. The summed E-state index contributed by atoms with van der Waals surface area (Å²) in [5.41, 5.74) is -0.171. The molecular weight excluding hydrogens is 358 g/mol. The molecule has 2 aromatic rings. The van der Waals surface area contributed by atoms with Crippen molar-refractivity contribution < 1.29 is 14.3 Å². The van der Waals surface area contributed by atoms with Crippen molar-refractivity contribution in [1.29, 1.82) is 0 Å². The standard InChI is InChI=1S/C21H29N3O4/c1-4-6-9-13-24-20(26)17-12-8-7-11-16(17)19(23-24)21(27)28-14-18(25)22-15(3)10-5-2/h7-8,11-12,15H,4-6,9-10,13-14H2,1-3H3,(H,22,25)/t15-/m1/s1. The van der Waals surface area contributed by atoms with Gasteiger partial charge in [-0.15, -0.1) is 0 Å². The summed E-state index contributed by atoms with van der Waals surface area (Å²) in [4.78, 5) is 37.2. The van der Waals surface area contributed by atoms with Crippen molar-refractivity contribution in [2.45, 2.75) is 65.5 Å². The molecule has 1 amide bonds. The van der Waals surface area contributed by atoms with Gasteiger partial charge in [0.15, 0.2) is 12.3 Å². The number of hydrogen-bond donors (Lipinski definition) is 1. The lowest BCUT2D eigenvalue weighted by atomic mass is 10.1. The number of aromatic nitrogens is 2. The molecule has 0 bridgehead atoms. The molecule has 0 aliphatic rings. The zero-order chi connectivity index (χ0) is 20.5. The fourth-order valence-corrected chi connectivity index (χ4v) is 3.07. The van der Waals surface area contributed by atoms with E-state index in [0.29, 0.717) is 17.3 Å². The maximum atomic E-state index is 12.6. The van der Waals surface area contributed by atoms with Gasteiger partial charge >= 0.3 is 5.97 Å². The Hall–Kier alpha value is -2.70. The molecule has 1 heterocycles. The van der Waals surface area contributed by atoms with E-state index in [0.717, 1.165) is 32.1 Å². The van der Waals surface area contributed by atoms with Crippen molar-refractivity contribution in [1.82, 2.24) is 15.1 Å². The summed E-state index contributed by atoms with van der Waals surface area (Å²) < 4.78 is 6.49. The Kier molecular flexibility index (Phi) is 8.17. The first kappa shape index (κ1) is 21.6. The van der Waals surface area contributed by atoms with E-state index in [1.165, 1.54) is 4.68 Å². The molecule has 1 N–H and O–H groups in total. The minimum absolute atomic E-state index is 0.0237. The number of fused-ring (bicyclic) bond motifs is 1. The predicted molar refractivity (Wildman–Crippen MR) is 108 cm³/mol. The van der Waals surface area contributed by atoms with Gasteiger partial charge in [-0.05, 0) is 25.8 Å². The van der Waals surface area contributed by atoms with Gasteiger partial charge in [0, 0.05) is 18.0 Å². The molecule has 0 saturated carbocycles. The van der Waals surface area contributed by atoms with Gasteiger partial charge in [0.2, 0.25) is 0 Å². The van der Waals surface area contributed by atoms with Gasteiger partial charge in [0.25, 0.3) is 11.5 Å². The Balaban J connectivity index is 2.19. The smallest absolute Gasteiger partial charge is 0.359 e. The van der Waals surface area contributed by atoms with Gasteiger partial charge in [0.1, 0.15) is 0 Å². The summed E-state index contributed by atoms with van der Waals surface area (Å²) in [6, 6.07) is 6.85. The van der Waals surface area contributed by atoms with E-state index in [9.17, 15) is 14.4 Å². The molecule has 2 rings (SSSR count). The second kappa shape index (κ2) is 10.6. The molecule has 1 aromatic carbocycles. The van der Waals surface area contributed by atoms with Crippen LogP contribution < -0.4 is 10.9 Å². The first-order valence-corrected chi connectivity index (χ1v) is 9.94. The monoisotopic (exact) mass is 387 g/mol. The summed E-state index contributed by atoms with van der Waals surface area (Å²) in [6.07, 6.45) is 4.60. The van der Waals surface area contributed by atoms with E-state index in [-0.39, 0.29) is 29.8 Å². The molecule has 0 unspecified atom stereocenters. The normalized spacial score (nSPS) is 12.0. The topological polar surface area (TPSA) is 90.3 Å². The third kappa shape index (κ3) is 5.65. The molecular formula is C21H29N3O4. The highest BCUT2D eigenvalue weighted by molar-refractivity contribution is 6.02. The van der Waals surface area contributed by atoms with Crippen LogP contribution in [0.2, 0.25) is 0 Å². The second-order valence-corrected chi connectivity index (χ2v) is 6.96. The first-order valence-electron chi connectivity index (χ1n) is 9.94. The zero-order valence-electron chi connectivity index (χ0n) is 16.9. The van der Waals surface area contributed by atoms with E-state index < -0.39 is 5.97 Å². The Morgan fingerprint density at radius 3 is 2.54 bits per heavy atom. The van der Waals surface area contributed by atoms with Crippen LogP contribution in [0.25, 0.3) is 10.8 Å². The van der Waals surface area contributed by atoms with Crippen molar-refractivity contribution in [3.8, 4) is 0 Å². The van der Waals surface area contributed by atoms with E-state index in [2.05, 4.69) is 17.3 Å². The highest BCUT2D eigenvalue weighted by Crippen LogP contribution is 2.14. The van der Waals surface area contributed by atoms with Crippen molar-refractivity contribution >= 4 is 22.6 Å². The number of aryl methyl sites for hydroxylation is 1. The predicted octanol–water partition coefficient (Wildman–Crippen LogP) is 3.05. The number of hydrogen-bond acceptors (Lipinski definition) is 5. The Labute approximate surface area is 165 Å². The number of carbonyl (C=O) groups excluding carboxylic acids is 2. The van der Waals surface area contributed by atoms with Crippen LogP contribution in [0, 0.1) is 0 Å². The number of nitrogens with one attached hydrogen (secondary N) is 1. The van der Waals surface area contributed by atoms with Gasteiger partial charge < -0.3 is 10.1 Å². The van der Waals surface area contributed by atoms with Crippen LogP contribution in [0.15, 0.2) is 29.1 Å². The molecule has 1 aromatic heterocycles. The molecule has 0 aliphatic carbocycles. The molecule has 0 aliphatic heterocycles. The molecule has 152 valence electrons. The van der Waals surface area contributed by atoms with Crippen LogP contribution in [0.1, 0.15) is 63.4 Å². The third-order valence-electron chi connectivity index (χ3n) is 4.50. The van der Waals surface area contributed by atoms with Gasteiger partial charge in [-0.25, -0.2) is 9.48 Å². The van der Waals surface area contributed by atoms with Crippen molar-refractivity contribution in [2.24, 2.45) is 0 Å². The molecule has 1 atom stereocenters. The molecule has 0 spiro atoms. The highest BCUT2D eigenvalue weighted by Gasteiger charge is 2.19. The van der Waals surface area contributed by atoms with Crippen LogP contribution in [0.3, 0.4) is 0 Å². The molecule has 0 radical (unpaired) electrons. The van der Waals surface area contributed by atoms with Crippen LogP contribution in [-0.4, -0.2) is 34.3 Å². The Morgan fingerprint density at radius 2 is 1.86 bits per heavy atom. The second-order valence-electron chi connectivity index (χ2n) is 6.96. The number of rotatable bonds is 10. The lowest BCUT2D eigenvalue weighted by Crippen LogP contribution is -2.36. The minimum Gasteiger partial charge on any atom is -0.451 e. The average molecular weight is 387 g/mol. The SMILES string of the molecule is CCCCCn1nc(C(=O)OCC(=O)N[C@H](C)CCC)c2ccccc2c1=O. The zero-order valence-corrected chi connectivity index (χ0v) is 16.9.